The molecule has 0 bridgehead atoms. The largest absolute Gasteiger partial charge is 0.480 e. The van der Waals surface area contributed by atoms with E-state index in [1.54, 1.807) is 0 Å². The Morgan fingerprint density at radius 2 is 2.45 bits per heavy atom. The molecule has 62 valence electrons. The quantitative estimate of drug-likeness (QED) is 0.768. The summed E-state index contributed by atoms with van der Waals surface area (Å²) in [5.74, 6) is -0.839. The van der Waals surface area contributed by atoms with Crippen LogP contribution in [0, 0.1) is 0 Å². The molecule has 1 aromatic rings. The van der Waals surface area contributed by atoms with Gasteiger partial charge in [-0.15, -0.1) is 23.7 Å². The number of aliphatic carboxylic acids is 1. The smallest absolute Gasteiger partial charge is 0.322 e. The molecule has 1 aromatic heterocycles. The van der Waals surface area contributed by atoms with Gasteiger partial charge in [0.05, 0.1) is 5.00 Å². The highest BCUT2D eigenvalue weighted by atomic mass is 35.5. The molecule has 11 heavy (non-hydrogen) atoms. The first-order valence-corrected chi connectivity index (χ1v) is 3.66. The first-order chi connectivity index (χ1) is 4.79. The van der Waals surface area contributed by atoms with Gasteiger partial charge in [-0.1, -0.05) is 0 Å². The lowest BCUT2D eigenvalue weighted by Gasteiger charge is -1.95. The zero-order valence-corrected chi connectivity index (χ0v) is 7.24. The van der Waals surface area contributed by atoms with Gasteiger partial charge in [-0.25, -0.2) is 0 Å². The molecular formula is C6H8ClNO2S. The van der Waals surface area contributed by atoms with Crippen molar-refractivity contribution in [3.8, 4) is 0 Å². The number of thiophene rings is 1. The standard InChI is InChI=1S/C6H7NO2S.ClH/c8-6(9)4-7-5-2-1-3-10-5;/h1-3,7H,4H2,(H,8,9);1H. The Morgan fingerprint density at radius 1 is 1.73 bits per heavy atom. The molecule has 0 aliphatic heterocycles. The molecule has 2 N–H and O–H groups in total. The van der Waals surface area contributed by atoms with Crippen molar-refractivity contribution in [1.29, 1.82) is 0 Å². The van der Waals surface area contributed by atoms with Gasteiger partial charge < -0.3 is 10.4 Å². The average molecular weight is 194 g/mol. The Kier molecular flexibility index (Phi) is 4.65. The predicted octanol–water partition coefficient (Wildman–Crippen LogP) is 1.67. The lowest BCUT2D eigenvalue weighted by Crippen LogP contribution is -2.11. The number of rotatable bonds is 3. The molecule has 5 heteroatoms. The molecule has 1 heterocycles. The van der Waals surface area contributed by atoms with E-state index >= 15 is 0 Å². The van der Waals surface area contributed by atoms with Crippen molar-refractivity contribution in [3.63, 3.8) is 0 Å². The molecule has 0 aromatic carbocycles. The first-order valence-electron chi connectivity index (χ1n) is 2.78. The van der Waals surface area contributed by atoms with E-state index in [1.807, 2.05) is 17.5 Å². The highest BCUT2D eigenvalue weighted by Crippen LogP contribution is 2.13. The molecule has 1 rings (SSSR count). The van der Waals surface area contributed by atoms with Crippen LogP contribution in [-0.2, 0) is 4.79 Å². The minimum atomic E-state index is -0.839. The summed E-state index contributed by atoms with van der Waals surface area (Å²) in [4.78, 5) is 10.0. The van der Waals surface area contributed by atoms with Gasteiger partial charge in [-0.05, 0) is 17.5 Å². The van der Waals surface area contributed by atoms with Crippen molar-refractivity contribution < 1.29 is 9.90 Å². The first kappa shape index (κ1) is 10.3. The van der Waals surface area contributed by atoms with Crippen LogP contribution >= 0.6 is 23.7 Å². The second-order valence-corrected chi connectivity index (χ2v) is 2.67. The third-order valence-corrected chi connectivity index (χ3v) is 1.76. The predicted molar refractivity (Wildman–Crippen MR) is 47.7 cm³/mol. The van der Waals surface area contributed by atoms with Crippen LogP contribution in [0.25, 0.3) is 0 Å². The topological polar surface area (TPSA) is 49.3 Å². The molecule has 0 radical (unpaired) electrons. The number of anilines is 1. The third-order valence-electron chi connectivity index (χ3n) is 0.935. The normalized spacial score (nSPS) is 8.36. The Labute approximate surface area is 74.5 Å². The summed E-state index contributed by atoms with van der Waals surface area (Å²) in [5, 5.41) is 13.8. The molecule has 0 atom stereocenters. The summed E-state index contributed by atoms with van der Waals surface area (Å²) in [6.07, 6.45) is 0. The van der Waals surface area contributed by atoms with Crippen molar-refractivity contribution in [2.45, 2.75) is 0 Å². The van der Waals surface area contributed by atoms with Gasteiger partial charge in [-0.2, -0.15) is 0 Å². The van der Waals surface area contributed by atoms with Crippen LogP contribution in [0.5, 0.6) is 0 Å². The van der Waals surface area contributed by atoms with Gasteiger partial charge in [-0.3, -0.25) is 4.79 Å². The lowest BCUT2D eigenvalue weighted by molar-refractivity contribution is -0.134. The lowest BCUT2D eigenvalue weighted by atomic mass is 10.6. The van der Waals surface area contributed by atoms with E-state index in [-0.39, 0.29) is 19.0 Å². The summed E-state index contributed by atoms with van der Waals surface area (Å²) in [6, 6.07) is 3.71. The molecular weight excluding hydrogens is 186 g/mol. The number of nitrogens with one attached hydrogen (secondary N) is 1. The molecule has 0 aliphatic rings. The minimum Gasteiger partial charge on any atom is -0.480 e. The summed E-state index contributed by atoms with van der Waals surface area (Å²) < 4.78 is 0. The van der Waals surface area contributed by atoms with Crippen LogP contribution in [0.2, 0.25) is 0 Å². The van der Waals surface area contributed by atoms with Crippen molar-refractivity contribution in [2.75, 3.05) is 11.9 Å². The Hall–Kier alpha value is -0.740. The van der Waals surface area contributed by atoms with E-state index < -0.39 is 5.97 Å². The van der Waals surface area contributed by atoms with Crippen LogP contribution in [0.4, 0.5) is 5.00 Å². The molecule has 0 saturated heterocycles. The van der Waals surface area contributed by atoms with Gasteiger partial charge in [0.15, 0.2) is 0 Å². The van der Waals surface area contributed by atoms with Gasteiger partial charge in [0.25, 0.3) is 0 Å². The van der Waals surface area contributed by atoms with Crippen molar-refractivity contribution in [3.05, 3.63) is 17.5 Å². The van der Waals surface area contributed by atoms with Gasteiger partial charge in [0.2, 0.25) is 0 Å². The van der Waals surface area contributed by atoms with E-state index in [0.29, 0.717) is 0 Å². The Bertz CT molecular complexity index is 212. The van der Waals surface area contributed by atoms with Crippen LogP contribution < -0.4 is 5.32 Å². The third kappa shape index (κ3) is 3.85. The zero-order valence-electron chi connectivity index (χ0n) is 5.61. The fraction of sp³-hybridized carbons (Fsp3) is 0.167. The molecule has 0 saturated carbocycles. The van der Waals surface area contributed by atoms with Crippen LogP contribution in [-0.4, -0.2) is 17.6 Å². The second kappa shape index (κ2) is 4.98. The summed E-state index contributed by atoms with van der Waals surface area (Å²) in [6.45, 7) is -0.0134. The van der Waals surface area contributed by atoms with Crippen LogP contribution in [0.1, 0.15) is 0 Å². The average Bonchev–Trinajstić information content (AvgIpc) is 2.34. The van der Waals surface area contributed by atoms with Gasteiger partial charge >= 0.3 is 5.97 Å². The van der Waals surface area contributed by atoms with E-state index in [1.165, 1.54) is 11.3 Å². The Morgan fingerprint density at radius 3 is 2.91 bits per heavy atom. The maximum Gasteiger partial charge on any atom is 0.322 e. The zero-order chi connectivity index (χ0) is 7.40. The minimum absolute atomic E-state index is 0. The van der Waals surface area contributed by atoms with Crippen LogP contribution in [0.3, 0.4) is 0 Å². The van der Waals surface area contributed by atoms with Crippen molar-refractivity contribution in [1.82, 2.24) is 0 Å². The number of carbonyl (C=O) groups is 1. The maximum absolute atomic E-state index is 10.0. The highest BCUT2D eigenvalue weighted by Gasteiger charge is 1.95. The highest BCUT2D eigenvalue weighted by molar-refractivity contribution is 7.14. The summed E-state index contributed by atoms with van der Waals surface area (Å²) in [5.41, 5.74) is 0. The van der Waals surface area contributed by atoms with Gasteiger partial charge in [0, 0.05) is 0 Å². The van der Waals surface area contributed by atoms with Crippen molar-refractivity contribution >= 4 is 34.7 Å². The maximum atomic E-state index is 10.0. The SMILES string of the molecule is Cl.O=C(O)CNc1cccs1. The van der Waals surface area contributed by atoms with E-state index in [0.717, 1.165) is 5.00 Å². The van der Waals surface area contributed by atoms with Crippen LogP contribution in [0.15, 0.2) is 17.5 Å². The van der Waals surface area contributed by atoms with E-state index in [9.17, 15) is 4.79 Å². The number of hydrogen-bond acceptors (Lipinski definition) is 3. The van der Waals surface area contributed by atoms with E-state index in [2.05, 4.69) is 5.32 Å². The van der Waals surface area contributed by atoms with Crippen molar-refractivity contribution in [2.24, 2.45) is 0 Å². The second-order valence-electron chi connectivity index (χ2n) is 1.72. The summed E-state index contributed by atoms with van der Waals surface area (Å²) in [7, 11) is 0. The molecule has 3 nitrogen and oxygen atoms in total. The Balaban J connectivity index is 0.000001000. The molecule has 0 aliphatic carbocycles. The number of halogens is 1. The van der Waals surface area contributed by atoms with Gasteiger partial charge in [0.1, 0.15) is 6.54 Å². The fourth-order valence-electron chi connectivity index (χ4n) is 0.542. The summed E-state index contributed by atoms with van der Waals surface area (Å²) >= 11 is 1.49. The number of hydrogen-bond donors (Lipinski definition) is 2. The fourth-order valence-corrected chi connectivity index (χ4v) is 1.16. The molecule has 0 unspecified atom stereocenters. The monoisotopic (exact) mass is 193 g/mol. The molecule has 0 fully saturated rings. The molecule has 0 spiro atoms. The van der Waals surface area contributed by atoms with E-state index in [4.69, 9.17) is 5.11 Å². The number of carboxylic acids is 1. The molecule has 0 amide bonds. The number of carboxylic acid groups (broad SMARTS) is 1.